The molecule has 0 aromatic heterocycles. The van der Waals surface area contributed by atoms with Gasteiger partial charge in [-0.05, 0) is 26.3 Å². The highest BCUT2D eigenvalue weighted by molar-refractivity contribution is 5.81. The van der Waals surface area contributed by atoms with Gasteiger partial charge in [0.25, 0.3) is 0 Å². The van der Waals surface area contributed by atoms with Crippen LogP contribution >= 0.6 is 0 Å². The number of hydrogen-bond acceptors (Lipinski definition) is 4. The van der Waals surface area contributed by atoms with Crippen molar-refractivity contribution in [2.45, 2.75) is 37.4 Å². The molecule has 3 unspecified atom stereocenters. The third-order valence-electron chi connectivity index (χ3n) is 4.12. The van der Waals surface area contributed by atoms with Crippen LogP contribution in [0.5, 0.6) is 0 Å². The van der Waals surface area contributed by atoms with E-state index in [2.05, 4.69) is 11.9 Å². The van der Waals surface area contributed by atoms with Gasteiger partial charge in [-0.3, -0.25) is 9.69 Å². The Labute approximate surface area is 103 Å². The normalized spacial score (nSPS) is 31.4. The Bertz CT molecular complexity index is 285. The molecule has 1 amide bonds. The first-order valence-corrected chi connectivity index (χ1v) is 6.38. The summed E-state index contributed by atoms with van der Waals surface area (Å²) in [5, 5.41) is 0. The molecule has 0 saturated carbocycles. The Morgan fingerprint density at radius 2 is 2.12 bits per heavy atom. The van der Waals surface area contributed by atoms with E-state index in [1.165, 1.54) is 12.8 Å². The van der Waals surface area contributed by atoms with Crippen LogP contribution in [0.2, 0.25) is 0 Å². The molecule has 5 nitrogen and oxygen atoms in total. The summed E-state index contributed by atoms with van der Waals surface area (Å²) in [6, 6.07) is 0.652. The van der Waals surface area contributed by atoms with E-state index in [0.717, 1.165) is 19.5 Å². The number of likely N-dealkylation sites (N-methyl/N-ethyl adjacent to an activating group) is 1. The Hall–Kier alpha value is -0.650. The van der Waals surface area contributed by atoms with Gasteiger partial charge < -0.3 is 15.4 Å². The second kappa shape index (κ2) is 5.33. The summed E-state index contributed by atoms with van der Waals surface area (Å²) in [5.74, 6) is 0.0350. The second-order valence-electron chi connectivity index (χ2n) is 5.19. The molecule has 98 valence electrons. The van der Waals surface area contributed by atoms with Gasteiger partial charge in [0.05, 0.1) is 6.61 Å². The van der Waals surface area contributed by atoms with Crippen LogP contribution in [-0.4, -0.2) is 67.7 Å². The molecule has 0 aliphatic carbocycles. The molecule has 0 radical (unpaired) electrons. The molecule has 3 atom stereocenters. The number of amides is 1. The van der Waals surface area contributed by atoms with E-state index in [4.69, 9.17) is 10.5 Å². The first-order valence-electron chi connectivity index (χ1n) is 6.38. The van der Waals surface area contributed by atoms with Gasteiger partial charge >= 0.3 is 0 Å². The van der Waals surface area contributed by atoms with Crippen LogP contribution in [0.4, 0.5) is 0 Å². The summed E-state index contributed by atoms with van der Waals surface area (Å²) in [5.41, 5.74) is 5.81. The lowest BCUT2D eigenvalue weighted by Crippen LogP contribution is -2.49. The molecule has 17 heavy (non-hydrogen) atoms. The molecule has 0 aromatic carbocycles. The fourth-order valence-electron chi connectivity index (χ4n) is 2.99. The van der Waals surface area contributed by atoms with Crippen molar-refractivity contribution in [1.82, 2.24) is 9.80 Å². The van der Waals surface area contributed by atoms with Crippen LogP contribution in [0.15, 0.2) is 0 Å². The third-order valence-corrected chi connectivity index (χ3v) is 4.12. The molecular weight excluding hydrogens is 218 g/mol. The molecule has 2 fully saturated rings. The minimum absolute atomic E-state index is 0.0350. The molecule has 2 N–H and O–H groups in total. The number of carbonyl (C=O) groups excluding carboxylic acids is 1. The summed E-state index contributed by atoms with van der Waals surface area (Å²) in [7, 11) is 3.75. The van der Waals surface area contributed by atoms with Crippen molar-refractivity contribution in [3.8, 4) is 0 Å². The number of nitrogens with two attached hydrogens (primary N) is 1. The average Bonchev–Trinajstić information content (AvgIpc) is 2.53. The number of carbonyl (C=O) groups is 1. The molecule has 2 rings (SSSR count). The lowest BCUT2D eigenvalue weighted by molar-refractivity contribution is -0.134. The predicted octanol–water partition coefficient (Wildman–Crippen LogP) is -0.345. The van der Waals surface area contributed by atoms with Crippen molar-refractivity contribution in [2.24, 2.45) is 5.73 Å². The minimum Gasteiger partial charge on any atom is -0.383 e. The Morgan fingerprint density at radius 1 is 1.41 bits per heavy atom. The maximum absolute atomic E-state index is 12.1. The van der Waals surface area contributed by atoms with Gasteiger partial charge in [0.2, 0.25) is 5.91 Å². The van der Waals surface area contributed by atoms with Crippen LogP contribution in [0.1, 0.15) is 19.3 Å². The van der Waals surface area contributed by atoms with Crippen molar-refractivity contribution in [3.05, 3.63) is 0 Å². The Morgan fingerprint density at radius 3 is 2.82 bits per heavy atom. The lowest BCUT2D eigenvalue weighted by Gasteiger charge is -2.27. The maximum Gasteiger partial charge on any atom is 0.241 e. The fourth-order valence-corrected chi connectivity index (χ4v) is 2.99. The molecule has 0 spiro atoms. The van der Waals surface area contributed by atoms with Gasteiger partial charge in [-0.1, -0.05) is 0 Å². The molecule has 2 aliphatic rings. The summed E-state index contributed by atoms with van der Waals surface area (Å²) in [6.07, 6.45) is 3.54. The van der Waals surface area contributed by atoms with Gasteiger partial charge in [-0.25, -0.2) is 0 Å². The van der Waals surface area contributed by atoms with E-state index >= 15 is 0 Å². The van der Waals surface area contributed by atoms with E-state index in [9.17, 15) is 4.79 Å². The quantitative estimate of drug-likeness (QED) is 0.734. The highest BCUT2D eigenvalue weighted by Crippen LogP contribution is 2.28. The van der Waals surface area contributed by atoms with Gasteiger partial charge in [0.1, 0.15) is 6.04 Å². The fraction of sp³-hybridized carbons (Fsp3) is 0.917. The SMILES string of the molecule is COCC(N)C(=O)N1CCC2CCC(C1)N2C. The van der Waals surface area contributed by atoms with Crippen molar-refractivity contribution in [3.63, 3.8) is 0 Å². The number of methoxy groups -OCH3 is 1. The predicted molar refractivity (Wildman–Crippen MR) is 65.6 cm³/mol. The Balaban J connectivity index is 1.96. The standard InChI is InChI=1S/C12H23N3O2/c1-14-9-3-4-10(14)7-15(6-5-9)12(16)11(13)8-17-2/h9-11H,3-8,13H2,1-2H3. The van der Waals surface area contributed by atoms with Gasteiger partial charge in [0.15, 0.2) is 0 Å². The van der Waals surface area contributed by atoms with E-state index in [1.807, 2.05) is 4.90 Å². The highest BCUT2D eigenvalue weighted by atomic mass is 16.5. The van der Waals surface area contributed by atoms with Crippen LogP contribution in [0.3, 0.4) is 0 Å². The molecule has 2 heterocycles. The summed E-state index contributed by atoms with van der Waals surface area (Å²) in [6.45, 7) is 1.96. The van der Waals surface area contributed by atoms with Crippen molar-refractivity contribution < 1.29 is 9.53 Å². The van der Waals surface area contributed by atoms with E-state index in [1.54, 1.807) is 7.11 Å². The molecule has 0 aromatic rings. The number of ether oxygens (including phenoxy) is 1. The van der Waals surface area contributed by atoms with Crippen LogP contribution < -0.4 is 5.73 Å². The minimum atomic E-state index is -0.512. The molecule has 5 heteroatoms. The highest BCUT2D eigenvalue weighted by Gasteiger charge is 2.36. The van der Waals surface area contributed by atoms with Crippen molar-refractivity contribution in [1.29, 1.82) is 0 Å². The Kier molecular flexibility index (Phi) is 4.01. The van der Waals surface area contributed by atoms with Gasteiger partial charge in [0, 0.05) is 32.3 Å². The zero-order valence-electron chi connectivity index (χ0n) is 10.8. The van der Waals surface area contributed by atoms with Crippen LogP contribution in [0.25, 0.3) is 0 Å². The average molecular weight is 241 g/mol. The third kappa shape index (κ3) is 2.61. The van der Waals surface area contributed by atoms with E-state index < -0.39 is 6.04 Å². The first-order chi connectivity index (χ1) is 8.13. The van der Waals surface area contributed by atoms with E-state index in [-0.39, 0.29) is 5.91 Å². The smallest absolute Gasteiger partial charge is 0.241 e. The summed E-state index contributed by atoms with van der Waals surface area (Å²) in [4.78, 5) is 16.5. The molecular formula is C12H23N3O2. The zero-order valence-corrected chi connectivity index (χ0v) is 10.8. The first kappa shape index (κ1) is 12.8. The van der Waals surface area contributed by atoms with Crippen LogP contribution in [-0.2, 0) is 9.53 Å². The van der Waals surface area contributed by atoms with Crippen molar-refractivity contribution in [2.75, 3.05) is 33.9 Å². The number of likely N-dealkylation sites (tertiary alicyclic amines) is 1. The van der Waals surface area contributed by atoms with Crippen LogP contribution in [0, 0.1) is 0 Å². The van der Waals surface area contributed by atoms with Crippen molar-refractivity contribution >= 4 is 5.91 Å². The summed E-state index contributed by atoms with van der Waals surface area (Å²) < 4.78 is 4.95. The topological polar surface area (TPSA) is 58.8 Å². The number of nitrogens with zero attached hydrogens (tertiary/aromatic N) is 2. The number of fused-ring (bicyclic) bond motifs is 2. The molecule has 2 bridgehead atoms. The monoisotopic (exact) mass is 241 g/mol. The molecule has 2 saturated heterocycles. The maximum atomic E-state index is 12.1. The lowest BCUT2D eigenvalue weighted by atomic mass is 10.1. The van der Waals surface area contributed by atoms with E-state index in [0.29, 0.717) is 18.7 Å². The number of rotatable bonds is 3. The zero-order chi connectivity index (χ0) is 12.4. The number of hydrogen-bond donors (Lipinski definition) is 1. The second-order valence-corrected chi connectivity index (χ2v) is 5.19. The largest absolute Gasteiger partial charge is 0.383 e. The summed E-state index contributed by atoms with van der Waals surface area (Å²) >= 11 is 0. The molecule has 2 aliphatic heterocycles. The van der Waals surface area contributed by atoms with Gasteiger partial charge in [-0.15, -0.1) is 0 Å². The van der Waals surface area contributed by atoms with Gasteiger partial charge in [-0.2, -0.15) is 0 Å².